The molecule has 1 aromatic rings. The van der Waals surface area contributed by atoms with Gasteiger partial charge in [-0.3, -0.25) is 4.90 Å². The predicted molar refractivity (Wildman–Crippen MR) is 78.1 cm³/mol. The van der Waals surface area contributed by atoms with E-state index < -0.39 is 0 Å². The molecule has 1 N–H and O–H groups in total. The van der Waals surface area contributed by atoms with Crippen molar-refractivity contribution in [3.63, 3.8) is 0 Å². The van der Waals surface area contributed by atoms with Gasteiger partial charge >= 0.3 is 0 Å². The summed E-state index contributed by atoms with van der Waals surface area (Å²) in [7, 11) is 0. The van der Waals surface area contributed by atoms with Crippen LogP contribution in [0.15, 0.2) is 17.3 Å². The van der Waals surface area contributed by atoms with Gasteiger partial charge in [-0.2, -0.15) is 0 Å². The number of rotatable bonds is 6. The zero-order valence-corrected chi connectivity index (χ0v) is 12.0. The van der Waals surface area contributed by atoms with Crippen molar-refractivity contribution < 1.29 is 5.21 Å². The third kappa shape index (κ3) is 3.18. The minimum Gasteiger partial charge on any atom is -0.411 e. The molecule has 0 bridgehead atoms. The van der Waals surface area contributed by atoms with Crippen LogP contribution < -0.4 is 0 Å². The molecule has 0 aliphatic carbocycles. The summed E-state index contributed by atoms with van der Waals surface area (Å²) in [5.74, 6) is 0. The van der Waals surface area contributed by atoms with Gasteiger partial charge in [-0.1, -0.05) is 19.0 Å². The van der Waals surface area contributed by atoms with Crippen molar-refractivity contribution in [1.82, 2.24) is 9.47 Å². The van der Waals surface area contributed by atoms with Crippen LogP contribution in [0.2, 0.25) is 0 Å². The van der Waals surface area contributed by atoms with Gasteiger partial charge in [-0.25, -0.2) is 0 Å². The Bertz CT molecular complexity index is 419. The maximum atomic E-state index is 8.67. The number of hydrogen-bond acceptors (Lipinski definition) is 3. The van der Waals surface area contributed by atoms with Crippen molar-refractivity contribution in [2.75, 3.05) is 13.1 Å². The minimum absolute atomic E-state index is 0.668. The summed E-state index contributed by atoms with van der Waals surface area (Å²) in [6.07, 6.45) is 6.27. The Morgan fingerprint density at radius 2 is 2.11 bits per heavy atom. The zero-order chi connectivity index (χ0) is 13.7. The van der Waals surface area contributed by atoms with Gasteiger partial charge < -0.3 is 9.77 Å². The lowest BCUT2D eigenvalue weighted by atomic mass is 10.0. The first kappa shape index (κ1) is 14.1. The molecule has 1 aliphatic rings. The summed E-state index contributed by atoms with van der Waals surface area (Å²) < 4.78 is 2.27. The fourth-order valence-corrected chi connectivity index (χ4v) is 3.13. The van der Waals surface area contributed by atoms with Crippen molar-refractivity contribution >= 4 is 6.21 Å². The van der Waals surface area contributed by atoms with E-state index in [-0.39, 0.29) is 0 Å². The van der Waals surface area contributed by atoms with Crippen LogP contribution in [0.1, 0.15) is 44.5 Å². The van der Waals surface area contributed by atoms with Gasteiger partial charge in [-0.05, 0) is 44.5 Å². The molecule has 0 saturated heterocycles. The summed E-state index contributed by atoms with van der Waals surface area (Å²) in [6, 6.07) is 4.88. The highest BCUT2D eigenvalue weighted by Crippen LogP contribution is 2.22. The molecule has 2 heterocycles. The molecule has 19 heavy (non-hydrogen) atoms. The van der Waals surface area contributed by atoms with E-state index in [0.717, 1.165) is 18.7 Å². The van der Waals surface area contributed by atoms with Crippen LogP contribution in [0.25, 0.3) is 0 Å². The Morgan fingerprint density at radius 1 is 1.37 bits per heavy atom. The quantitative estimate of drug-likeness (QED) is 0.487. The molecule has 106 valence electrons. The topological polar surface area (TPSA) is 40.8 Å². The number of hydrogen-bond donors (Lipinski definition) is 1. The first-order valence-corrected chi connectivity index (χ1v) is 7.40. The molecule has 1 aliphatic heterocycles. The Hall–Kier alpha value is -1.29. The summed E-state index contributed by atoms with van der Waals surface area (Å²) in [5.41, 5.74) is 2.37. The molecule has 4 nitrogen and oxygen atoms in total. The molecule has 1 atom stereocenters. The van der Waals surface area contributed by atoms with Crippen LogP contribution in [-0.4, -0.2) is 40.0 Å². The van der Waals surface area contributed by atoms with E-state index in [1.54, 1.807) is 0 Å². The lowest BCUT2D eigenvalue weighted by molar-refractivity contribution is 0.167. The molecule has 0 saturated carbocycles. The van der Waals surface area contributed by atoms with Gasteiger partial charge in [0.1, 0.15) is 0 Å². The monoisotopic (exact) mass is 263 g/mol. The molecule has 0 spiro atoms. The molecule has 1 aromatic heterocycles. The second-order valence-corrected chi connectivity index (χ2v) is 5.33. The number of nitrogens with zero attached hydrogens (tertiary/aromatic N) is 3. The van der Waals surface area contributed by atoms with Gasteiger partial charge in [-0.15, -0.1) is 0 Å². The average Bonchev–Trinajstić information content (AvgIpc) is 2.81. The standard InChI is InChI=1S/C15H25N3O/c1-3-8-17(9-4-2)13-7-10-18-14(11-13)5-6-15(18)12-16-19/h5-6,12-13,19H,3-4,7-11H2,1-2H3/b16-12-/t13-/m1/s1. The van der Waals surface area contributed by atoms with Crippen molar-refractivity contribution in [2.45, 2.75) is 52.1 Å². The van der Waals surface area contributed by atoms with Gasteiger partial charge in [0.05, 0.1) is 11.9 Å². The van der Waals surface area contributed by atoms with E-state index in [0.29, 0.717) is 6.04 Å². The van der Waals surface area contributed by atoms with Gasteiger partial charge in [0.2, 0.25) is 0 Å². The van der Waals surface area contributed by atoms with E-state index in [1.165, 1.54) is 44.3 Å². The Balaban J connectivity index is 2.08. The first-order chi connectivity index (χ1) is 9.30. The van der Waals surface area contributed by atoms with Gasteiger partial charge in [0.25, 0.3) is 0 Å². The number of fused-ring (bicyclic) bond motifs is 1. The maximum Gasteiger partial charge on any atom is 0.0898 e. The second kappa shape index (κ2) is 6.75. The highest BCUT2D eigenvalue weighted by molar-refractivity contribution is 5.77. The molecular formula is C15H25N3O. The molecule has 0 amide bonds. The third-order valence-electron chi connectivity index (χ3n) is 3.96. The second-order valence-electron chi connectivity index (χ2n) is 5.33. The largest absolute Gasteiger partial charge is 0.411 e. The van der Waals surface area contributed by atoms with Crippen LogP contribution in [0, 0.1) is 0 Å². The number of oxime groups is 1. The molecule has 0 radical (unpaired) electrons. The fraction of sp³-hybridized carbons (Fsp3) is 0.667. The van der Waals surface area contributed by atoms with E-state index in [4.69, 9.17) is 5.21 Å². The molecule has 0 unspecified atom stereocenters. The minimum atomic E-state index is 0.668. The Labute approximate surface area is 115 Å². The summed E-state index contributed by atoms with van der Waals surface area (Å²) in [6.45, 7) is 7.93. The Kier molecular flexibility index (Phi) is 5.02. The van der Waals surface area contributed by atoms with Crippen molar-refractivity contribution in [3.8, 4) is 0 Å². The zero-order valence-electron chi connectivity index (χ0n) is 12.0. The maximum absolute atomic E-state index is 8.67. The summed E-state index contributed by atoms with van der Waals surface area (Å²) in [5, 5.41) is 11.8. The molecule has 2 rings (SSSR count). The lowest BCUT2D eigenvalue weighted by Gasteiger charge is -2.35. The third-order valence-corrected chi connectivity index (χ3v) is 3.96. The summed E-state index contributed by atoms with van der Waals surface area (Å²) in [4.78, 5) is 2.64. The van der Waals surface area contributed by atoms with E-state index in [9.17, 15) is 0 Å². The van der Waals surface area contributed by atoms with Gasteiger partial charge in [0, 0.05) is 24.7 Å². The van der Waals surface area contributed by atoms with Crippen molar-refractivity contribution in [1.29, 1.82) is 0 Å². The highest BCUT2D eigenvalue weighted by Gasteiger charge is 2.24. The first-order valence-electron chi connectivity index (χ1n) is 7.40. The van der Waals surface area contributed by atoms with Crippen molar-refractivity contribution in [3.05, 3.63) is 23.5 Å². The number of aromatic nitrogens is 1. The van der Waals surface area contributed by atoms with E-state index in [2.05, 4.69) is 34.5 Å². The van der Waals surface area contributed by atoms with Crippen LogP contribution in [0.5, 0.6) is 0 Å². The summed E-state index contributed by atoms with van der Waals surface area (Å²) >= 11 is 0. The van der Waals surface area contributed by atoms with E-state index in [1.807, 2.05) is 6.07 Å². The molecular weight excluding hydrogens is 238 g/mol. The van der Waals surface area contributed by atoms with Crippen LogP contribution in [-0.2, 0) is 13.0 Å². The molecule has 0 fully saturated rings. The predicted octanol–water partition coefficient (Wildman–Crippen LogP) is 2.73. The smallest absolute Gasteiger partial charge is 0.0898 e. The van der Waals surface area contributed by atoms with Crippen LogP contribution >= 0.6 is 0 Å². The normalized spacial score (nSPS) is 19.2. The molecule has 4 heteroatoms. The Morgan fingerprint density at radius 3 is 2.74 bits per heavy atom. The lowest BCUT2D eigenvalue weighted by Crippen LogP contribution is -2.41. The van der Waals surface area contributed by atoms with Gasteiger partial charge in [0.15, 0.2) is 0 Å². The average molecular weight is 263 g/mol. The van der Waals surface area contributed by atoms with Crippen molar-refractivity contribution in [2.24, 2.45) is 5.16 Å². The van der Waals surface area contributed by atoms with E-state index >= 15 is 0 Å². The highest BCUT2D eigenvalue weighted by atomic mass is 16.4. The molecule has 0 aromatic carbocycles. The fourth-order valence-electron chi connectivity index (χ4n) is 3.13. The van der Waals surface area contributed by atoms with Crippen LogP contribution in [0.3, 0.4) is 0 Å². The SMILES string of the molecule is CCCN(CCC)[C@@H]1CCn2c(/C=N\O)ccc2C1. The van der Waals surface area contributed by atoms with Crippen LogP contribution in [0.4, 0.5) is 0 Å².